The Morgan fingerprint density at radius 2 is 1.96 bits per heavy atom. The predicted octanol–water partition coefficient (Wildman–Crippen LogP) is 4.92. The van der Waals surface area contributed by atoms with Gasteiger partial charge in [-0.3, -0.25) is 4.98 Å². The number of benzene rings is 1. The number of aromatic nitrogens is 3. The number of thioether (sulfide) groups is 2. The smallest absolute Gasteiger partial charge is 0.167 e. The van der Waals surface area contributed by atoms with Crippen molar-refractivity contribution in [3.63, 3.8) is 0 Å². The fourth-order valence-corrected chi connectivity index (χ4v) is 3.98. The lowest BCUT2D eigenvalue weighted by atomic mass is 10.1. The molecule has 26 heavy (non-hydrogen) atoms. The fourth-order valence-electron chi connectivity index (χ4n) is 2.64. The van der Waals surface area contributed by atoms with E-state index < -0.39 is 0 Å². The van der Waals surface area contributed by atoms with Crippen LogP contribution in [-0.2, 0) is 6.54 Å². The zero-order chi connectivity index (χ0) is 18.2. The molecule has 0 aliphatic rings. The monoisotopic (exact) mass is 385 g/mol. The van der Waals surface area contributed by atoms with Crippen molar-refractivity contribution in [1.29, 1.82) is 0 Å². The van der Waals surface area contributed by atoms with Crippen molar-refractivity contribution in [3.05, 3.63) is 66.2 Å². The Bertz CT molecular complexity index is 821. The van der Waals surface area contributed by atoms with Crippen LogP contribution in [0.2, 0.25) is 0 Å². The molecular weight excluding hydrogens is 362 g/mol. The molecule has 0 spiro atoms. The van der Waals surface area contributed by atoms with Crippen LogP contribution >= 0.6 is 23.5 Å². The normalized spacial score (nSPS) is 10.8. The van der Waals surface area contributed by atoms with Gasteiger partial charge in [-0.2, -0.15) is 0 Å². The van der Waals surface area contributed by atoms with Crippen molar-refractivity contribution < 1.29 is 4.74 Å². The van der Waals surface area contributed by atoms with E-state index in [-0.39, 0.29) is 0 Å². The molecule has 3 aromatic rings. The van der Waals surface area contributed by atoms with Gasteiger partial charge in [-0.05, 0) is 48.9 Å². The van der Waals surface area contributed by atoms with Gasteiger partial charge in [0.15, 0.2) is 5.16 Å². The molecule has 3 rings (SSSR count). The quantitative estimate of drug-likeness (QED) is 0.386. The molecule has 0 aliphatic carbocycles. The molecular formula is C20H23N3OS2. The van der Waals surface area contributed by atoms with E-state index in [1.165, 1.54) is 16.0 Å². The summed E-state index contributed by atoms with van der Waals surface area (Å²) in [5.74, 6) is 2.01. The number of rotatable bonds is 9. The standard InChI is InChI=1S/C20H23N3OS2/c1-16-17(15-23-12-11-22-20(23)25-2)5-3-6-19(16)24-13-4-14-26-18-7-9-21-10-8-18/h3,5-12H,4,13-15H2,1-2H3. The highest BCUT2D eigenvalue weighted by molar-refractivity contribution is 7.99. The maximum Gasteiger partial charge on any atom is 0.167 e. The first-order valence-electron chi connectivity index (χ1n) is 8.57. The average Bonchev–Trinajstić information content (AvgIpc) is 3.12. The Hall–Kier alpha value is -1.92. The molecule has 0 bridgehead atoms. The molecule has 0 atom stereocenters. The maximum atomic E-state index is 6.04. The van der Waals surface area contributed by atoms with E-state index in [1.54, 1.807) is 11.8 Å². The minimum atomic E-state index is 0.726. The Morgan fingerprint density at radius 1 is 1.12 bits per heavy atom. The van der Waals surface area contributed by atoms with Crippen molar-refractivity contribution in [1.82, 2.24) is 14.5 Å². The summed E-state index contributed by atoms with van der Waals surface area (Å²) in [7, 11) is 0. The summed E-state index contributed by atoms with van der Waals surface area (Å²) in [6.07, 6.45) is 10.6. The van der Waals surface area contributed by atoms with Crippen molar-refractivity contribution >= 4 is 23.5 Å². The molecule has 0 radical (unpaired) electrons. The van der Waals surface area contributed by atoms with Crippen molar-refractivity contribution in [2.75, 3.05) is 18.6 Å². The van der Waals surface area contributed by atoms with Crippen LogP contribution in [0, 0.1) is 6.92 Å². The van der Waals surface area contributed by atoms with Gasteiger partial charge in [0.2, 0.25) is 0 Å². The molecule has 0 saturated heterocycles. The molecule has 0 N–H and O–H groups in total. The van der Waals surface area contributed by atoms with Crippen molar-refractivity contribution in [3.8, 4) is 5.75 Å². The Kier molecular flexibility index (Phi) is 7.03. The molecule has 136 valence electrons. The first kappa shape index (κ1) is 18.9. The van der Waals surface area contributed by atoms with Crippen LogP contribution < -0.4 is 4.74 Å². The summed E-state index contributed by atoms with van der Waals surface area (Å²) in [6, 6.07) is 10.4. The minimum Gasteiger partial charge on any atom is -0.493 e. The summed E-state index contributed by atoms with van der Waals surface area (Å²) in [6.45, 7) is 3.67. The van der Waals surface area contributed by atoms with Gasteiger partial charge in [-0.15, -0.1) is 11.8 Å². The first-order valence-corrected chi connectivity index (χ1v) is 10.8. The summed E-state index contributed by atoms with van der Waals surface area (Å²) in [5.41, 5.74) is 2.47. The van der Waals surface area contributed by atoms with Crippen LogP contribution in [0.25, 0.3) is 0 Å². The second-order valence-electron chi connectivity index (χ2n) is 5.82. The van der Waals surface area contributed by atoms with Gasteiger partial charge < -0.3 is 9.30 Å². The van der Waals surface area contributed by atoms with E-state index in [2.05, 4.69) is 45.9 Å². The van der Waals surface area contributed by atoms with E-state index >= 15 is 0 Å². The number of hydrogen-bond donors (Lipinski definition) is 0. The lowest BCUT2D eigenvalue weighted by Crippen LogP contribution is -2.05. The first-order chi connectivity index (χ1) is 12.8. The van der Waals surface area contributed by atoms with Gasteiger partial charge in [-0.25, -0.2) is 4.98 Å². The van der Waals surface area contributed by atoms with E-state index in [0.29, 0.717) is 0 Å². The molecule has 0 amide bonds. The summed E-state index contributed by atoms with van der Waals surface area (Å²) < 4.78 is 8.20. The van der Waals surface area contributed by atoms with Gasteiger partial charge in [0.1, 0.15) is 5.75 Å². The highest BCUT2D eigenvalue weighted by atomic mass is 32.2. The largest absolute Gasteiger partial charge is 0.493 e. The summed E-state index contributed by atoms with van der Waals surface area (Å²) in [4.78, 5) is 9.66. The molecule has 0 aliphatic heterocycles. The lowest BCUT2D eigenvalue weighted by molar-refractivity contribution is 0.316. The Labute approximate surface area is 163 Å². The summed E-state index contributed by atoms with van der Waals surface area (Å²) in [5, 5.41) is 1.03. The maximum absolute atomic E-state index is 6.04. The van der Waals surface area contributed by atoms with E-state index in [9.17, 15) is 0 Å². The van der Waals surface area contributed by atoms with Gasteiger partial charge in [0.25, 0.3) is 0 Å². The van der Waals surface area contributed by atoms with Gasteiger partial charge >= 0.3 is 0 Å². The second kappa shape index (κ2) is 9.69. The SMILES string of the molecule is CSc1nccn1Cc1cccc(OCCCSc2ccncc2)c1C. The molecule has 0 fully saturated rings. The Balaban J connectivity index is 1.52. The predicted molar refractivity (Wildman–Crippen MR) is 109 cm³/mol. The summed E-state index contributed by atoms with van der Waals surface area (Å²) >= 11 is 3.50. The third-order valence-corrected chi connectivity index (χ3v) is 5.86. The lowest BCUT2D eigenvalue weighted by Gasteiger charge is -2.14. The second-order valence-corrected chi connectivity index (χ2v) is 7.76. The molecule has 0 unspecified atom stereocenters. The van der Waals surface area contributed by atoms with Gasteiger partial charge in [0.05, 0.1) is 6.61 Å². The molecule has 2 aromatic heterocycles. The highest BCUT2D eigenvalue weighted by Gasteiger charge is 2.08. The van der Waals surface area contributed by atoms with Gasteiger partial charge in [0, 0.05) is 42.0 Å². The van der Waals surface area contributed by atoms with Crippen LogP contribution in [0.15, 0.2) is 65.2 Å². The average molecular weight is 386 g/mol. The van der Waals surface area contributed by atoms with Crippen molar-refractivity contribution in [2.45, 2.75) is 29.9 Å². The van der Waals surface area contributed by atoms with Crippen LogP contribution in [-0.4, -0.2) is 33.2 Å². The van der Waals surface area contributed by atoms with Gasteiger partial charge in [-0.1, -0.05) is 23.9 Å². The van der Waals surface area contributed by atoms with Crippen LogP contribution in [0.3, 0.4) is 0 Å². The Morgan fingerprint density at radius 3 is 2.77 bits per heavy atom. The van der Waals surface area contributed by atoms with E-state index in [4.69, 9.17) is 4.74 Å². The van der Waals surface area contributed by atoms with E-state index in [0.717, 1.165) is 36.2 Å². The fraction of sp³-hybridized carbons (Fsp3) is 0.300. The topological polar surface area (TPSA) is 39.9 Å². The van der Waals surface area contributed by atoms with E-state index in [1.807, 2.05) is 48.7 Å². The zero-order valence-corrected chi connectivity index (χ0v) is 16.7. The number of nitrogens with zero attached hydrogens (tertiary/aromatic N) is 3. The molecule has 4 nitrogen and oxygen atoms in total. The number of ether oxygens (including phenoxy) is 1. The number of pyridine rings is 1. The third kappa shape index (κ3) is 5.05. The molecule has 1 aromatic carbocycles. The molecule has 6 heteroatoms. The van der Waals surface area contributed by atoms with Crippen LogP contribution in [0.4, 0.5) is 0 Å². The van der Waals surface area contributed by atoms with Crippen LogP contribution in [0.1, 0.15) is 17.5 Å². The third-order valence-electron chi connectivity index (χ3n) is 4.06. The van der Waals surface area contributed by atoms with Crippen LogP contribution in [0.5, 0.6) is 5.75 Å². The molecule has 2 heterocycles. The number of hydrogen-bond acceptors (Lipinski definition) is 5. The number of imidazole rings is 1. The minimum absolute atomic E-state index is 0.726. The zero-order valence-electron chi connectivity index (χ0n) is 15.1. The highest BCUT2D eigenvalue weighted by Crippen LogP contribution is 2.24. The molecule has 0 saturated carbocycles. The van der Waals surface area contributed by atoms with Crippen molar-refractivity contribution in [2.24, 2.45) is 0 Å².